The molecule has 0 atom stereocenters. The average molecular weight is 705 g/mol. The molecule has 6 heteroatoms. The number of Topliss-reactive ketones (excluding diaryl/α,β-unsaturated/α-hetero) is 1. The summed E-state index contributed by atoms with van der Waals surface area (Å²) < 4.78 is 5.89. The van der Waals surface area contributed by atoms with Crippen LogP contribution in [0.1, 0.15) is 202 Å². The number of unbranched alkanes of at least 4 members (excludes halogenated alkanes) is 14. The van der Waals surface area contributed by atoms with Gasteiger partial charge >= 0.3 is 5.97 Å². The number of carbonyl (C=O) groups excluding carboxylic acids is 2. The first-order valence-corrected chi connectivity index (χ1v) is 21.7. The minimum atomic E-state index is -0.139. The number of carbonyl (C=O) groups is 2. The highest BCUT2D eigenvalue weighted by molar-refractivity contribution is 5.75. The third-order valence-corrected chi connectivity index (χ3v) is 10.9. The summed E-state index contributed by atoms with van der Waals surface area (Å²) in [6.45, 7) is 16.4. The van der Waals surface area contributed by atoms with Crippen molar-refractivity contribution in [1.82, 2.24) is 9.80 Å². The highest BCUT2D eigenvalue weighted by Crippen LogP contribution is 2.24. The first-order chi connectivity index (χ1) is 24.2. The monoisotopic (exact) mass is 705 g/mol. The van der Waals surface area contributed by atoms with E-state index in [1.165, 1.54) is 95.5 Å². The number of ether oxygens (including phenoxy) is 1. The van der Waals surface area contributed by atoms with E-state index >= 15 is 0 Å². The molecule has 6 nitrogen and oxygen atoms in total. The largest absolute Gasteiger partial charge is 0.465 e. The Morgan fingerprint density at radius 1 is 0.660 bits per heavy atom. The van der Waals surface area contributed by atoms with Gasteiger partial charge in [0.05, 0.1) is 12.7 Å². The smallest absolute Gasteiger partial charge is 0.305 e. The molecular weight excluding hydrogens is 620 g/mol. The molecule has 0 aliphatic heterocycles. The fourth-order valence-corrected chi connectivity index (χ4v) is 7.44. The molecule has 1 fully saturated rings. The lowest BCUT2D eigenvalue weighted by Crippen LogP contribution is -2.44. The summed E-state index contributed by atoms with van der Waals surface area (Å²) in [4.78, 5) is 29.4. The second kappa shape index (κ2) is 32.4. The summed E-state index contributed by atoms with van der Waals surface area (Å²) in [5.74, 6) is 0.815. The fraction of sp³-hybridized carbons (Fsp3) is 0.909. The Hall–Kier alpha value is -1.24. The maximum absolute atomic E-state index is 12.8. The second-order valence-electron chi connectivity index (χ2n) is 16.1. The molecule has 0 aromatic carbocycles. The number of allylic oxidation sites excluding steroid dienone is 1. The van der Waals surface area contributed by atoms with Crippen LogP contribution in [0.5, 0.6) is 0 Å². The fourth-order valence-electron chi connectivity index (χ4n) is 7.44. The minimum absolute atomic E-state index is 0.00256. The summed E-state index contributed by atoms with van der Waals surface area (Å²) in [7, 11) is 0. The van der Waals surface area contributed by atoms with E-state index in [1.807, 2.05) is 0 Å². The minimum Gasteiger partial charge on any atom is -0.465 e. The summed E-state index contributed by atoms with van der Waals surface area (Å²) in [6.07, 6.45) is 31.9. The van der Waals surface area contributed by atoms with Crippen LogP contribution in [-0.4, -0.2) is 78.1 Å². The zero-order chi connectivity index (χ0) is 36.7. The van der Waals surface area contributed by atoms with Crippen LogP contribution in [0.2, 0.25) is 0 Å². The van der Waals surface area contributed by atoms with Gasteiger partial charge in [0.15, 0.2) is 0 Å². The Labute approximate surface area is 310 Å². The Balaban J connectivity index is 2.52. The first kappa shape index (κ1) is 46.8. The van der Waals surface area contributed by atoms with Crippen molar-refractivity contribution in [3.63, 3.8) is 0 Å². The molecule has 50 heavy (non-hydrogen) atoms. The number of ketones is 1. The van der Waals surface area contributed by atoms with E-state index in [1.54, 1.807) is 6.92 Å². The molecule has 1 N–H and O–H groups in total. The maximum Gasteiger partial charge on any atom is 0.305 e. The Morgan fingerprint density at radius 2 is 1.20 bits per heavy atom. The quantitative estimate of drug-likeness (QED) is 0.0408. The van der Waals surface area contributed by atoms with Gasteiger partial charge in [-0.05, 0) is 104 Å². The van der Waals surface area contributed by atoms with Gasteiger partial charge in [-0.3, -0.25) is 14.6 Å². The van der Waals surface area contributed by atoms with Crippen molar-refractivity contribution in [2.24, 2.45) is 5.92 Å². The third kappa shape index (κ3) is 27.4. The molecule has 0 unspecified atom stereocenters. The maximum atomic E-state index is 12.8. The van der Waals surface area contributed by atoms with E-state index in [2.05, 4.69) is 43.6 Å². The predicted molar refractivity (Wildman–Crippen MR) is 214 cm³/mol. The van der Waals surface area contributed by atoms with Crippen LogP contribution in [0.25, 0.3) is 0 Å². The molecule has 1 aliphatic carbocycles. The van der Waals surface area contributed by atoms with Gasteiger partial charge in [0.1, 0.15) is 5.78 Å². The van der Waals surface area contributed by atoms with Crippen molar-refractivity contribution >= 4 is 11.8 Å². The number of hydrogen-bond acceptors (Lipinski definition) is 6. The number of aliphatic hydroxyl groups is 1. The van der Waals surface area contributed by atoms with E-state index in [9.17, 15) is 14.7 Å². The zero-order valence-electron chi connectivity index (χ0n) is 34.0. The first-order valence-electron chi connectivity index (χ1n) is 21.7. The van der Waals surface area contributed by atoms with Crippen molar-refractivity contribution in [1.29, 1.82) is 0 Å². The molecular formula is C44H84N2O4. The third-order valence-electron chi connectivity index (χ3n) is 10.9. The topological polar surface area (TPSA) is 70.1 Å². The van der Waals surface area contributed by atoms with Gasteiger partial charge in [0, 0.05) is 38.5 Å². The molecule has 0 spiro atoms. The van der Waals surface area contributed by atoms with Crippen molar-refractivity contribution in [2.45, 2.75) is 214 Å². The van der Waals surface area contributed by atoms with E-state index in [0.29, 0.717) is 37.2 Å². The average Bonchev–Trinajstić information content (AvgIpc) is 3.09. The molecule has 0 aromatic heterocycles. The predicted octanol–water partition coefficient (Wildman–Crippen LogP) is 11.2. The van der Waals surface area contributed by atoms with E-state index in [4.69, 9.17) is 4.74 Å². The van der Waals surface area contributed by atoms with Crippen LogP contribution < -0.4 is 0 Å². The van der Waals surface area contributed by atoms with Gasteiger partial charge in [0.25, 0.3) is 0 Å². The standard InChI is InChI=1S/C44H84N2O4/c1-6-8-10-12-14-19-25-41(26-20-15-13-11-9-7-2)38-50-44(49)27-21-17-23-34-46(42-28-30-43(48)31-29-42)37-36-45(35-32-39(3)4)33-22-16-18-24-40(5)47/h32,41-43,48H,6-31,33-38H2,1-5H3. The SMILES string of the molecule is CCCCCCCCC(CCCCCCCC)COC(=O)CCCCCN(CCN(CC=C(C)C)CCCCCC(C)=O)C1CCC(O)CC1. The molecule has 0 radical (unpaired) electrons. The van der Waals surface area contributed by atoms with E-state index in [0.717, 1.165) is 96.9 Å². The lowest BCUT2D eigenvalue weighted by molar-refractivity contribution is -0.145. The lowest BCUT2D eigenvalue weighted by Gasteiger charge is -2.37. The Kier molecular flexibility index (Phi) is 30.3. The summed E-state index contributed by atoms with van der Waals surface area (Å²) in [5, 5.41) is 10.2. The Bertz CT molecular complexity index is 818. The van der Waals surface area contributed by atoms with Crippen LogP contribution in [0, 0.1) is 5.92 Å². The van der Waals surface area contributed by atoms with Crippen molar-refractivity contribution < 1.29 is 19.4 Å². The highest BCUT2D eigenvalue weighted by atomic mass is 16.5. The molecule has 0 aromatic rings. The molecule has 0 saturated heterocycles. The molecule has 1 saturated carbocycles. The van der Waals surface area contributed by atoms with Crippen LogP contribution in [0.15, 0.2) is 11.6 Å². The van der Waals surface area contributed by atoms with Gasteiger partial charge in [-0.25, -0.2) is 0 Å². The molecule has 1 aliphatic rings. The number of esters is 1. The number of aliphatic hydroxyl groups excluding tert-OH is 1. The van der Waals surface area contributed by atoms with Gasteiger partial charge in [0.2, 0.25) is 0 Å². The second-order valence-corrected chi connectivity index (χ2v) is 16.1. The van der Waals surface area contributed by atoms with E-state index < -0.39 is 0 Å². The normalized spacial score (nSPS) is 16.4. The van der Waals surface area contributed by atoms with Gasteiger partial charge in [-0.15, -0.1) is 0 Å². The number of hydrogen-bond donors (Lipinski definition) is 1. The van der Waals surface area contributed by atoms with Gasteiger partial charge < -0.3 is 14.6 Å². The van der Waals surface area contributed by atoms with Crippen molar-refractivity contribution in [3.05, 3.63) is 11.6 Å². The van der Waals surface area contributed by atoms with E-state index in [-0.39, 0.29) is 12.1 Å². The van der Waals surface area contributed by atoms with Crippen LogP contribution in [0.3, 0.4) is 0 Å². The van der Waals surface area contributed by atoms with Crippen molar-refractivity contribution in [3.8, 4) is 0 Å². The summed E-state index contributed by atoms with van der Waals surface area (Å²) in [6, 6.07) is 0.541. The molecule has 0 bridgehead atoms. The molecule has 1 rings (SSSR count). The van der Waals surface area contributed by atoms with Gasteiger partial charge in [-0.2, -0.15) is 0 Å². The molecule has 294 valence electrons. The number of rotatable bonds is 34. The van der Waals surface area contributed by atoms with Crippen LogP contribution >= 0.6 is 0 Å². The van der Waals surface area contributed by atoms with Crippen molar-refractivity contribution in [2.75, 3.05) is 39.3 Å². The lowest BCUT2D eigenvalue weighted by atomic mass is 9.91. The number of nitrogens with zero attached hydrogens (tertiary/aromatic N) is 2. The van der Waals surface area contributed by atoms with Gasteiger partial charge in [-0.1, -0.05) is 115 Å². The van der Waals surface area contributed by atoms with Crippen LogP contribution in [-0.2, 0) is 14.3 Å². The Morgan fingerprint density at radius 3 is 1.78 bits per heavy atom. The molecule has 0 amide bonds. The summed E-state index contributed by atoms with van der Waals surface area (Å²) in [5.41, 5.74) is 1.36. The summed E-state index contributed by atoms with van der Waals surface area (Å²) >= 11 is 0. The van der Waals surface area contributed by atoms with Crippen LogP contribution in [0.4, 0.5) is 0 Å². The highest BCUT2D eigenvalue weighted by Gasteiger charge is 2.25. The zero-order valence-corrected chi connectivity index (χ0v) is 34.0. The molecule has 0 heterocycles.